The van der Waals surface area contributed by atoms with Gasteiger partial charge in [-0.25, -0.2) is 0 Å². The second kappa shape index (κ2) is 4.24. The molecule has 17 heavy (non-hydrogen) atoms. The Morgan fingerprint density at radius 3 is 1.35 bits per heavy atom. The molecule has 0 aromatic heterocycles. The van der Waals surface area contributed by atoms with E-state index >= 15 is 0 Å². The standard InChI is InChI=1S/C15H28O2/c1-14(2,3)16-12-10-7-8-11(9-10)13(12)17-15(4,5)6/h10-13H,7-9H2,1-6H3. The third-order valence-corrected chi connectivity index (χ3v) is 3.75. The van der Waals surface area contributed by atoms with Gasteiger partial charge in [0, 0.05) is 0 Å². The molecule has 2 saturated carbocycles. The van der Waals surface area contributed by atoms with E-state index in [1.807, 2.05) is 0 Å². The van der Waals surface area contributed by atoms with Crippen molar-refractivity contribution in [3.05, 3.63) is 0 Å². The minimum absolute atomic E-state index is 0.0609. The summed E-state index contributed by atoms with van der Waals surface area (Å²) in [4.78, 5) is 0. The SMILES string of the molecule is CC(C)(C)OC1C2CCC(C2)C1OC(C)(C)C. The van der Waals surface area contributed by atoms with E-state index in [1.54, 1.807) is 0 Å². The molecule has 0 aromatic carbocycles. The Hall–Kier alpha value is -0.0800. The average molecular weight is 240 g/mol. The summed E-state index contributed by atoms with van der Waals surface area (Å²) in [6.07, 6.45) is 4.59. The van der Waals surface area contributed by atoms with Gasteiger partial charge in [0.25, 0.3) is 0 Å². The van der Waals surface area contributed by atoms with E-state index in [-0.39, 0.29) is 11.2 Å². The summed E-state index contributed by atoms with van der Waals surface area (Å²) in [7, 11) is 0. The van der Waals surface area contributed by atoms with Crippen LogP contribution < -0.4 is 0 Å². The molecule has 0 aliphatic heterocycles. The van der Waals surface area contributed by atoms with Crippen LogP contribution in [0.3, 0.4) is 0 Å². The number of fused-ring (bicyclic) bond motifs is 2. The van der Waals surface area contributed by atoms with Crippen molar-refractivity contribution in [1.29, 1.82) is 0 Å². The number of hydrogen-bond donors (Lipinski definition) is 0. The first-order valence-electron chi connectivity index (χ1n) is 7.01. The minimum atomic E-state index is -0.0609. The van der Waals surface area contributed by atoms with Crippen LogP contribution in [0.1, 0.15) is 60.8 Å². The summed E-state index contributed by atoms with van der Waals surface area (Å²) in [5.74, 6) is 1.46. The fraction of sp³-hybridized carbons (Fsp3) is 1.00. The van der Waals surface area contributed by atoms with Crippen LogP contribution >= 0.6 is 0 Å². The van der Waals surface area contributed by atoms with E-state index in [4.69, 9.17) is 9.47 Å². The fourth-order valence-corrected chi connectivity index (χ4v) is 3.33. The Morgan fingerprint density at radius 1 is 0.706 bits per heavy atom. The van der Waals surface area contributed by atoms with E-state index in [2.05, 4.69) is 41.5 Å². The quantitative estimate of drug-likeness (QED) is 0.731. The zero-order chi connectivity index (χ0) is 12.8. The van der Waals surface area contributed by atoms with E-state index in [9.17, 15) is 0 Å². The summed E-state index contributed by atoms with van der Waals surface area (Å²) >= 11 is 0. The van der Waals surface area contributed by atoms with Crippen molar-refractivity contribution in [1.82, 2.24) is 0 Å². The van der Waals surface area contributed by atoms with Crippen molar-refractivity contribution in [3.63, 3.8) is 0 Å². The van der Waals surface area contributed by atoms with Crippen molar-refractivity contribution >= 4 is 0 Å². The summed E-state index contributed by atoms with van der Waals surface area (Å²) in [5, 5.41) is 0. The molecule has 100 valence electrons. The molecule has 4 atom stereocenters. The van der Waals surface area contributed by atoms with Gasteiger partial charge < -0.3 is 9.47 Å². The molecule has 0 saturated heterocycles. The van der Waals surface area contributed by atoms with E-state index in [0.717, 1.165) is 11.8 Å². The first kappa shape index (κ1) is 13.4. The van der Waals surface area contributed by atoms with Gasteiger partial charge in [0.05, 0.1) is 23.4 Å². The lowest BCUT2D eigenvalue weighted by Gasteiger charge is -2.39. The minimum Gasteiger partial charge on any atom is -0.370 e. The molecule has 0 radical (unpaired) electrons. The van der Waals surface area contributed by atoms with Crippen LogP contribution in [0.5, 0.6) is 0 Å². The molecule has 2 rings (SSSR count). The van der Waals surface area contributed by atoms with Crippen LogP contribution in [0, 0.1) is 11.8 Å². The predicted octanol–water partition coefficient (Wildman–Crippen LogP) is 3.78. The molecule has 2 bridgehead atoms. The summed E-state index contributed by atoms with van der Waals surface area (Å²) < 4.78 is 12.5. The maximum atomic E-state index is 6.27. The highest BCUT2D eigenvalue weighted by Gasteiger charge is 2.51. The largest absolute Gasteiger partial charge is 0.370 e. The van der Waals surface area contributed by atoms with Crippen molar-refractivity contribution in [2.45, 2.75) is 84.2 Å². The van der Waals surface area contributed by atoms with Crippen LogP contribution in [0.25, 0.3) is 0 Å². The molecule has 2 nitrogen and oxygen atoms in total. The van der Waals surface area contributed by atoms with Gasteiger partial charge in [-0.3, -0.25) is 0 Å². The molecule has 2 fully saturated rings. The Labute approximate surface area is 106 Å². The molecule has 0 amide bonds. The van der Waals surface area contributed by atoms with Crippen LogP contribution in [-0.4, -0.2) is 23.4 Å². The molecule has 2 aliphatic rings. The van der Waals surface area contributed by atoms with Gasteiger partial charge in [-0.2, -0.15) is 0 Å². The molecule has 0 N–H and O–H groups in total. The van der Waals surface area contributed by atoms with Crippen LogP contribution in [0.4, 0.5) is 0 Å². The Kier molecular flexibility index (Phi) is 3.33. The summed E-state index contributed by atoms with van der Waals surface area (Å²) in [6, 6.07) is 0. The normalized spacial score (nSPS) is 37.8. The van der Waals surface area contributed by atoms with E-state index in [1.165, 1.54) is 19.3 Å². The topological polar surface area (TPSA) is 18.5 Å². The number of ether oxygens (including phenoxy) is 2. The molecule has 2 heteroatoms. The maximum Gasteiger partial charge on any atom is 0.0874 e. The maximum absolute atomic E-state index is 6.27. The summed E-state index contributed by atoms with van der Waals surface area (Å²) in [5.41, 5.74) is -0.122. The number of rotatable bonds is 2. The molecular weight excluding hydrogens is 212 g/mol. The highest BCUT2D eigenvalue weighted by molar-refractivity contribution is 5.00. The smallest absolute Gasteiger partial charge is 0.0874 e. The van der Waals surface area contributed by atoms with Gasteiger partial charge >= 0.3 is 0 Å². The highest BCUT2D eigenvalue weighted by atomic mass is 16.6. The predicted molar refractivity (Wildman–Crippen MR) is 70.1 cm³/mol. The van der Waals surface area contributed by atoms with Gasteiger partial charge in [0.2, 0.25) is 0 Å². The Bertz CT molecular complexity index is 244. The molecule has 0 heterocycles. The van der Waals surface area contributed by atoms with Crippen LogP contribution in [0.2, 0.25) is 0 Å². The van der Waals surface area contributed by atoms with Crippen LogP contribution in [-0.2, 0) is 9.47 Å². The van der Waals surface area contributed by atoms with Gasteiger partial charge in [0.1, 0.15) is 0 Å². The zero-order valence-corrected chi connectivity index (χ0v) is 12.2. The van der Waals surface area contributed by atoms with Gasteiger partial charge in [-0.1, -0.05) is 0 Å². The Morgan fingerprint density at radius 2 is 1.06 bits per heavy atom. The molecule has 2 aliphatic carbocycles. The first-order valence-corrected chi connectivity index (χ1v) is 7.01. The van der Waals surface area contributed by atoms with E-state index in [0.29, 0.717) is 12.2 Å². The molecule has 0 spiro atoms. The van der Waals surface area contributed by atoms with Gasteiger partial charge in [0.15, 0.2) is 0 Å². The van der Waals surface area contributed by atoms with Crippen molar-refractivity contribution in [2.24, 2.45) is 11.8 Å². The zero-order valence-electron chi connectivity index (χ0n) is 12.2. The molecular formula is C15H28O2. The first-order chi connectivity index (χ1) is 7.66. The second-order valence-electron chi connectivity index (χ2n) is 7.72. The monoisotopic (exact) mass is 240 g/mol. The van der Waals surface area contributed by atoms with Crippen LogP contribution in [0.15, 0.2) is 0 Å². The molecule has 4 unspecified atom stereocenters. The third kappa shape index (κ3) is 3.23. The van der Waals surface area contributed by atoms with E-state index < -0.39 is 0 Å². The lowest BCUT2D eigenvalue weighted by molar-refractivity contribution is -0.179. The lowest BCUT2D eigenvalue weighted by atomic mass is 9.93. The molecule has 0 aromatic rings. The Balaban J connectivity index is 2.06. The average Bonchev–Trinajstić information content (AvgIpc) is 2.63. The summed E-state index contributed by atoms with van der Waals surface area (Å²) in [6.45, 7) is 12.9. The second-order valence-corrected chi connectivity index (χ2v) is 7.72. The van der Waals surface area contributed by atoms with Crippen molar-refractivity contribution in [2.75, 3.05) is 0 Å². The van der Waals surface area contributed by atoms with Gasteiger partial charge in [-0.05, 0) is 72.6 Å². The number of hydrogen-bond acceptors (Lipinski definition) is 2. The van der Waals surface area contributed by atoms with Crippen molar-refractivity contribution in [3.8, 4) is 0 Å². The van der Waals surface area contributed by atoms with Gasteiger partial charge in [-0.15, -0.1) is 0 Å². The van der Waals surface area contributed by atoms with Crippen molar-refractivity contribution < 1.29 is 9.47 Å². The highest BCUT2D eigenvalue weighted by Crippen LogP contribution is 2.49. The lowest BCUT2D eigenvalue weighted by Crippen LogP contribution is -2.44. The third-order valence-electron chi connectivity index (χ3n) is 3.75. The fourth-order valence-electron chi connectivity index (χ4n) is 3.33.